The Labute approximate surface area is 91.2 Å². The normalized spacial score (nSPS) is 12.4. The van der Waals surface area contributed by atoms with Crippen LogP contribution in [-0.4, -0.2) is 39.4 Å². The second-order valence-corrected chi connectivity index (χ2v) is 3.38. The average molecular weight is 229 g/mol. The highest BCUT2D eigenvalue weighted by molar-refractivity contribution is 5.31. The SMILES string of the molecule is O=c1cc(NCC[C@H](O)CCO)[nH]c(=O)[nH]1. The van der Waals surface area contributed by atoms with Crippen LogP contribution >= 0.6 is 0 Å². The first-order chi connectivity index (χ1) is 7.61. The van der Waals surface area contributed by atoms with E-state index in [9.17, 15) is 14.7 Å². The highest BCUT2D eigenvalue weighted by atomic mass is 16.3. The summed E-state index contributed by atoms with van der Waals surface area (Å²) in [6.45, 7) is 0.337. The molecule has 0 radical (unpaired) electrons. The van der Waals surface area contributed by atoms with Gasteiger partial charge in [0.25, 0.3) is 5.56 Å². The largest absolute Gasteiger partial charge is 0.396 e. The molecule has 0 amide bonds. The first-order valence-corrected chi connectivity index (χ1v) is 4.98. The molecule has 1 heterocycles. The maximum absolute atomic E-state index is 10.9. The molecule has 0 spiro atoms. The van der Waals surface area contributed by atoms with Gasteiger partial charge in [-0.25, -0.2) is 4.79 Å². The molecule has 0 bridgehead atoms. The summed E-state index contributed by atoms with van der Waals surface area (Å²) in [7, 11) is 0. The molecule has 0 unspecified atom stereocenters. The Balaban J connectivity index is 2.43. The van der Waals surface area contributed by atoms with E-state index in [4.69, 9.17) is 5.11 Å². The van der Waals surface area contributed by atoms with Gasteiger partial charge >= 0.3 is 5.69 Å². The van der Waals surface area contributed by atoms with Gasteiger partial charge in [-0.1, -0.05) is 0 Å². The number of rotatable bonds is 6. The highest BCUT2D eigenvalue weighted by Crippen LogP contribution is 1.99. The van der Waals surface area contributed by atoms with Gasteiger partial charge in [-0.05, 0) is 12.8 Å². The molecule has 0 aliphatic rings. The van der Waals surface area contributed by atoms with Crippen molar-refractivity contribution in [3.05, 3.63) is 26.9 Å². The number of hydrogen-bond acceptors (Lipinski definition) is 5. The smallest absolute Gasteiger partial charge is 0.327 e. The van der Waals surface area contributed by atoms with E-state index in [0.717, 1.165) is 0 Å². The third kappa shape index (κ3) is 4.28. The minimum absolute atomic E-state index is 0.0665. The minimum Gasteiger partial charge on any atom is -0.396 e. The summed E-state index contributed by atoms with van der Waals surface area (Å²) in [6, 6.07) is 1.22. The molecule has 7 heteroatoms. The van der Waals surface area contributed by atoms with Crippen LogP contribution in [0, 0.1) is 0 Å². The van der Waals surface area contributed by atoms with E-state index >= 15 is 0 Å². The van der Waals surface area contributed by atoms with Crippen LogP contribution < -0.4 is 16.6 Å². The van der Waals surface area contributed by atoms with Crippen LogP contribution in [0.5, 0.6) is 0 Å². The zero-order chi connectivity index (χ0) is 12.0. The summed E-state index contributed by atoms with van der Waals surface area (Å²) in [4.78, 5) is 26.2. The van der Waals surface area contributed by atoms with Gasteiger partial charge in [0.2, 0.25) is 0 Å². The summed E-state index contributed by atoms with van der Waals surface area (Å²) >= 11 is 0. The fraction of sp³-hybridized carbons (Fsp3) is 0.556. The Kier molecular flexibility index (Phi) is 4.74. The number of H-pyrrole nitrogens is 2. The lowest BCUT2D eigenvalue weighted by atomic mass is 10.2. The topological polar surface area (TPSA) is 118 Å². The van der Waals surface area contributed by atoms with Gasteiger partial charge in [-0.2, -0.15) is 0 Å². The average Bonchev–Trinajstić information content (AvgIpc) is 2.16. The summed E-state index contributed by atoms with van der Waals surface area (Å²) in [6.07, 6.45) is 0.148. The van der Waals surface area contributed by atoms with Crippen molar-refractivity contribution in [3.63, 3.8) is 0 Å². The molecule has 7 nitrogen and oxygen atoms in total. The van der Waals surface area contributed by atoms with E-state index in [-0.39, 0.29) is 6.61 Å². The Morgan fingerprint density at radius 2 is 2.06 bits per heavy atom. The molecular formula is C9H15N3O4. The number of aromatic nitrogens is 2. The lowest BCUT2D eigenvalue weighted by Gasteiger charge is -2.09. The van der Waals surface area contributed by atoms with Crippen molar-refractivity contribution in [2.45, 2.75) is 18.9 Å². The fourth-order valence-corrected chi connectivity index (χ4v) is 1.23. The zero-order valence-corrected chi connectivity index (χ0v) is 8.69. The standard InChI is InChI=1S/C9H15N3O4/c13-4-2-6(14)1-3-10-7-5-8(15)12-9(16)11-7/h5-6,13-14H,1-4H2,(H3,10,11,12,15,16)/t6-/m0/s1. The summed E-state index contributed by atoms with van der Waals surface area (Å²) < 4.78 is 0. The monoisotopic (exact) mass is 229 g/mol. The maximum Gasteiger partial charge on any atom is 0.327 e. The molecule has 0 saturated heterocycles. The van der Waals surface area contributed by atoms with Crippen molar-refractivity contribution >= 4 is 5.82 Å². The van der Waals surface area contributed by atoms with Crippen molar-refractivity contribution in [1.29, 1.82) is 0 Å². The van der Waals surface area contributed by atoms with E-state index in [1.165, 1.54) is 6.07 Å². The minimum atomic E-state index is -0.591. The van der Waals surface area contributed by atoms with Crippen molar-refractivity contribution in [3.8, 4) is 0 Å². The second-order valence-electron chi connectivity index (χ2n) is 3.38. The van der Waals surface area contributed by atoms with Crippen LogP contribution in [0.4, 0.5) is 5.82 Å². The van der Waals surface area contributed by atoms with Gasteiger partial charge in [0.15, 0.2) is 0 Å². The van der Waals surface area contributed by atoms with Crippen LogP contribution in [-0.2, 0) is 0 Å². The molecule has 0 fully saturated rings. The van der Waals surface area contributed by atoms with Crippen molar-refractivity contribution in [2.24, 2.45) is 0 Å². The van der Waals surface area contributed by atoms with Crippen LogP contribution in [0.3, 0.4) is 0 Å². The van der Waals surface area contributed by atoms with Crippen LogP contribution in [0.1, 0.15) is 12.8 Å². The Morgan fingerprint density at radius 1 is 1.31 bits per heavy atom. The molecule has 0 saturated carbocycles. The number of aliphatic hydroxyl groups excluding tert-OH is 2. The fourth-order valence-electron chi connectivity index (χ4n) is 1.23. The first kappa shape index (κ1) is 12.5. The molecule has 1 rings (SSSR count). The van der Waals surface area contributed by atoms with Crippen molar-refractivity contribution in [2.75, 3.05) is 18.5 Å². The number of aromatic amines is 2. The zero-order valence-electron chi connectivity index (χ0n) is 8.69. The van der Waals surface area contributed by atoms with E-state index in [0.29, 0.717) is 25.2 Å². The third-order valence-electron chi connectivity index (χ3n) is 2.02. The molecule has 16 heavy (non-hydrogen) atoms. The molecule has 1 aromatic heterocycles. The second kappa shape index (κ2) is 6.09. The summed E-state index contributed by atoms with van der Waals surface area (Å²) in [5.74, 6) is 0.310. The van der Waals surface area contributed by atoms with E-state index in [1.807, 2.05) is 4.98 Å². The molecule has 1 aromatic rings. The van der Waals surface area contributed by atoms with Crippen molar-refractivity contribution < 1.29 is 10.2 Å². The van der Waals surface area contributed by atoms with Gasteiger partial charge in [-0.15, -0.1) is 0 Å². The van der Waals surface area contributed by atoms with Crippen LogP contribution in [0.25, 0.3) is 0 Å². The molecule has 0 aliphatic heterocycles. The van der Waals surface area contributed by atoms with Crippen molar-refractivity contribution in [1.82, 2.24) is 9.97 Å². The number of nitrogens with one attached hydrogen (secondary N) is 3. The molecule has 5 N–H and O–H groups in total. The number of hydrogen-bond donors (Lipinski definition) is 5. The van der Waals surface area contributed by atoms with E-state index in [2.05, 4.69) is 10.3 Å². The lowest BCUT2D eigenvalue weighted by molar-refractivity contribution is 0.128. The highest BCUT2D eigenvalue weighted by Gasteiger charge is 2.02. The molecule has 0 aliphatic carbocycles. The molecule has 0 aromatic carbocycles. The molecular weight excluding hydrogens is 214 g/mol. The Bertz CT molecular complexity index is 397. The quantitative estimate of drug-likeness (QED) is 0.411. The van der Waals surface area contributed by atoms with Gasteiger partial charge in [-0.3, -0.25) is 14.8 Å². The van der Waals surface area contributed by atoms with E-state index < -0.39 is 17.4 Å². The summed E-state index contributed by atoms with van der Waals surface area (Å²) in [5.41, 5.74) is -1.06. The first-order valence-electron chi connectivity index (χ1n) is 4.98. The van der Waals surface area contributed by atoms with Crippen LogP contribution in [0.2, 0.25) is 0 Å². The molecule has 1 atom stereocenters. The molecule has 90 valence electrons. The van der Waals surface area contributed by atoms with Gasteiger partial charge in [0.05, 0.1) is 6.10 Å². The predicted molar refractivity (Wildman–Crippen MR) is 58.5 cm³/mol. The lowest BCUT2D eigenvalue weighted by Crippen LogP contribution is -2.24. The third-order valence-corrected chi connectivity index (χ3v) is 2.02. The Hall–Kier alpha value is -1.60. The number of aliphatic hydroxyl groups is 2. The number of anilines is 1. The summed E-state index contributed by atoms with van der Waals surface area (Å²) in [5, 5.41) is 20.6. The maximum atomic E-state index is 10.9. The van der Waals surface area contributed by atoms with Gasteiger partial charge in [0.1, 0.15) is 5.82 Å². The van der Waals surface area contributed by atoms with Crippen LogP contribution in [0.15, 0.2) is 15.7 Å². The predicted octanol–water partition coefficient (Wildman–Crippen LogP) is -1.39. The Morgan fingerprint density at radius 3 is 2.69 bits per heavy atom. The van der Waals surface area contributed by atoms with Gasteiger partial charge < -0.3 is 15.5 Å². The van der Waals surface area contributed by atoms with E-state index in [1.54, 1.807) is 0 Å². The van der Waals surface area contributed by atoms with Gasteiger partial charge in [0, 0.05) is 19.2 Å².